The third-order valence-corrected chi connectivity index (χ3v) is 5.38. The van der Waals surface area contributed by atoms with E-state index < -0.39 is 5.97 Å². The topological polar surface area (TPSA) is 64.4 Å². The Bertz CT molecular complexity index is 1050. The maximum Gasteiger partial charge on any atom is 0.343 e. The molecule has 0 aliphatic heterocycles. The van der Waals surface area contributed by atoms with Crippen LogP contribution in [-0.4, -0.2) is 39.7 Å². The van der Waals surface area contributed by atoms with Crippen molar-refractivity contribution in [3.63, 3.8) is 0 Å². The Kier molecular flexibility index (Phi) is 7.47. The predicted octanol–water partition coefficient (Wildman–Crippen LogP) is 4.41. The molecule has 0 saturated carbocycles. The normalized spacial score (nSPS) is 10.7. The van der Waals surface area contributed by atoms with Gasteiger partial charge in [0.25, 0.3) is 5.91 Å². The van der Waals surface area contributed by atoms with Gasteiger partial charge in [-0.25, -0.2) is 9.48 Å². The zero-order chi connectivity index (χ0) is 22.4. The Morgan fingerprint density at radius 1 is 1.03 bits per heavy atom. The van der Waals surface area contributed by atoms with E-state index in [1.54, 1.807) is 16.5 Å². The van der Waals surface area contributed by atoms with Crippen LogP contribution >= 0.6 is 11.6 Å². The minimum absolute atomic E-state index is 0.188. The van der Waals surface area contributed by atoms with Crippen molar-refractivity contribution >= 4 is 23.5 Å². The minimum atomic E-state index is -0.651. The molecule has 1 aromatic heterocycles. The first kappa shape index (κ1) is 22.6. The van der Waals surface area contributed by atoms with Gasteiger partial charge in [-0.1, -0.05) is 71.8 Å². The Balaban J connectivity index is 1.64. The molecule has 7 heteroatoms. The molecule has 1 heterocycles. The van der Waals surface area contributed by atoms with Crippen molar-refractivity contribution in [2.75, 3.05) is 13.2 Å². The number of hydrogen-bond acceptors (Lipinski definition) is 4. The van der Waals surface area contributed by atoms with Crippen LogP contribution in [0, 0.1) is 13.8 Å². The van der Waals surface area contributed by atoms with Gasteiger partial charge in [0.1, 0.15) is 10.7 Å². The lowest BCUT2D eigenvalue weighted by Crippen LogP contribution is -2.34. The minimum Gasteiger partial charge on any atom is -0.452 e. The van der Waals surface area contributed by atoms with E-state index in [9.17, 15) is 9.59 Å². The molecule has 0 aliphatic carbocycles. The number of ether oxygens (including phenoxy) is 1. The quantitative estimate of drug-likeness (QED) is 0.488. The molecule has 0 spiro atoms. The smallest absolute Gasteiger partial charge is 0.343 e. The Labute approximate surface area is 187 Å². The lowest BCUT2D eigenvalue weighted by atomic mass is 10.1. The average Bonchev–Trinajstić information content (AvgIpc) is 3.05. The second-order valence-electron chi connectivity index (χ2n) is 7.36. The van der Waals surface area contributed by atoms with Gasteiger partial charge in [-0.2, -0.15) is 5.10 Å². The molecule has 31 heavy (non-hydrogen) atoms. The first-order valence-electron chi connectivity index (χ1n) is 10.2. The Hall–Kier alpha value is -3.12. The summed E-state index contributed by atoms with van der Waals surface area (Å²) in [6.07, 6.45) is 0. The number of rotatable bonds is 8. The van der Waals surface area contributed by atoms with Gasteiger partial charge in [-0.3, -0.25) is 4.79 Å². The number of nitrogens with zero attached hydrogens (tertiary/aromatic N) is 3. The SMILES string of the molecule is CCN(Cc1ccccc1)C(=O)COC(=O)c1c(C)nn(Cc2ccc(C)cc2)c1Cl. The maximum atomic E-state index is 12.6. The van der Waals surface area contributed by atoms with Gasteiger partial charge in [-0.05, 0) is 31.9 Å². The molecule has 162 valence electrons. The fourth-order valence-corrected chi connectivity index (χ4v) is 3.54. The zero-order valence-corrected chi connectivity index (χ0v) is 18.7. The maximum absolute atomic E-state index is 12.6. The highest BCUT2D eigenvalue weighted by atomic mass is 35.5. The molecular weight excluding hydrogens is 414 g/mol. The van der Waals surface area contributed by atoms with Gasteiger partial charge in [0, 0.05) is 13.1 Å². The van der Waals surface area contributed by atoms with Crippen LogP contribution in [0.2, 0.25) is 5.15 Å². The average molecular weight is 440 g/mol. The summed E-state index contributed by atoms with van der Waals surface area (Å²) in [5.74, 6) is -0.915. The summed E-state index contributed by atoms with van der Waals surface area (Å²) >= 11 is 6.42. The van der Waals surface area contributed by atoms with E-state index in [4.69, 9.17) is 16.3 Å². The molecule has 0 N–H and O–H groups in total. The van der Waals surface area contributed by atoms with Crippen molar-refractivity contribution in [1.29, 1.82) is 0 Å². The number of carbonyl (C=O) groups excluding carboxylic acids is 2. The van der Waals surface area contributed by atoms with Crippen molar-refractivity contribution < 1.29 is 14.3 Å². The molecule has 0 bridgehead atoms. The highest BCUT2D eigenvalue weighted by molar-refractivity contribution is 6.32. The van der Waals surface area contributed by atoms with E-state index in [-0.39, 0.29) is 23.2 Å². The summed E-state index contributed by atoms with van der Waals surface area (Å²) in [6.45, 7) is 6.67. The van der Waals surface area contributed by atoms with E-state index in [2.05, 4.69) is 5.10 Å². The number of halogens is 1. The van der Waals surface area contributed by atoms with Crippen LogP contribution in [0.25, 0.3) is 0 Å². The third kappa shape index (κ3) is 5.73. The number of likely N-dealkylation sites (N-methyl/N-ethyl adjacent to an activating group) is 1. The van der Waals surface area contributed by atoms with E-state index in [0.29, 0.717) is 25.3 Å². The van der Waals surface area contributed by atoms with Gasteiger partial charge in [0.05, 0.1) is 12.2 Å². The largest absolute Gasteiger partial charge is 0.452 e. The van der Waals surface area contributed by atoms with Gasteiger partial charge in [0.2, 0.25) is 0 Å². The first-order chi connectivity index (χ1) is 14.9. The predicted molar refractivity (Wildman–Crippen MR) is 120 cm³/mol. The van der Waals surface area contributed by atoms with Crippen molar-refractivity contribution in [2.45, 2.75) is 33.9 Å². The fraction of sp³-hybridized carbons (Fsp3) is 0.292. The number of aromatic nitrogens is 2. The molecule has 2 aromatic carbocycles. The van der Waals surface area contributed by atoms with Crippen molar-refractivity contribution in [1.82, 2.24) is 14.7 Å². The van der Waals surface area contributed by atoms with E-state index in [1.807, 2.05) is 68.4 Å². The summed E-state index contributed by atoms with van der Waals surface area (Å²) in [5, 5.41) is 4.57. The van der Waals surface area contributed by atoms with E-state index in [0.717, 1.165) is 16.7 Å². The summed E-state index contributed by atoms with van der Waals surface area (Å²) in [6, 6.07) is 17.7. The monoisotopic (exact) mass is 439 g/mol. The molecule has 0 aliphatic rings. The molecular formula is C24H26ClN3O3. The molecule has 3 rings (SSSR count). The molecule has 0 atom stereocenters. The molecule has 0 radical (unpaired) electrons. The molecule has 0 saturated heterocycles. The second kappa shape index (κ2) is 10.3. The zero-order valence-electron chi connectivity index (χ0n) is 18.0. The molecule has 0 fully saturated rings. The summed E-state index contributed by atoms with van der Waals surface area (Å²) in [4.78, 5) is 26.8. The highest BCUT2D eigenvalue weighted by Crippen LogP contribution is 2.22. The molecule has 0 unspecified atom stereocenters. The lowest BCUT2D eigenvalue weighted by Gasteiger charge is -2.20. The van der Waals surface area contributed by atoms with Crippen LogP contribution in [0.4, 0.5) is 0 Å². The van der Waals surface area contributed by atoms with Gasteiger partial charge in [0.15, 0.2) is 6.61 Å². The van der Waals surface area contributed by atoms with Crippen LogP contribution in [0.1, 0.15) is 39.7 Å². The number of amides is 1. The van der Waals surface area contributed by atoms with Crippen molar-refractivity contribution in [3.05, 3.63) is 87.7 Å². The Morgan fingerprint density at radius 2 is 1.71 bits per heavy atom. The van der Waals surface area contributed by atoms with Crippen molar-refractivity contribution in [2.24, 2.45) is 0 Å². The summed E-state index contributed by atoms with van der Waals surface area (Å²) in [5.41, 5.74) is 3.84. The number of aryl methyl sites for hydroxylation is 2. The highest BCUT2D eigenvalue weighted by Gasteiger charge is 2.23. The number of hydrogen-bond donors (Lipinski definition) is 0. The van der Waals surface area contributed by atoms with E-state index >= 15 is 0 Å². The first-order valence-corrected chi connectivity index (χ1v) is 10.5. The van der Waals surface area contributed by atoms with Crippen LogP contribution in [0.5, 0.6) is 0 Å². The summed E-state index contributed by atoms with van der Waals surface area (Å²) in [7, 11) is 0. The van der Waals surface area contributed by atoms with Crippen molar-refractivity contribution in [3.8, 4) is 0 Å². The molecule has 3 aromatic rings. The van der Waals surface area contributed by atoms with Crippen LogP contribution < -0.4 is 0 Å². The molecule has 1 amide bonds. The van der Waals surface area contributed by atoms with Gasteiger partial charge >= 0.3 is 5.97 Å². The Morgan fingerprint density at radius 3 is 2.35 bits per heavy atom. The van der Waals surface area contributed by atoms with E-state index in [1.165, 1.54) is 0 Å². The van der Waals surface area contributed by atoms with Crippen LogP contribution in [0.3, 0.4) is 0 Å². The summed E-state index contributed by atoms with van der Waals surface area (Å²) < 4.78 is 6.85. The standard InChI is InChI=1S/C24H26ClN3O3/c1-4-27(14-19-8-6-5-7-9-19)21(29)16-31-24(30)22-18(3)26-28(23(22)25)15-20-12-10-17(2)11-13-20/h5-13H,4,14-16H2,1-3H3. The number of esters is 1. The molecule has 6 nitrogen and oxygen atoms in total. The van der Waals surface area contributed by atoms with Crippen LogP contribution in [0.15, 0.2) is 54.6 Å². The third-order valence-electron chi connectivity index (χ3n) is 5.00. The lowest BCUT2D eigenvalue weighted by molar-refractivity contribution is -0.134. The number of carbonyl (C=O) groups is 2. The van der Waals surface area contributed by atoms with Gasteiger partial charge in [-0.15, -0.1) is 0 Å². The second-order valence-corrected chi connectivity index (χ2v) is 7.72. The van der Waals surface area contributed by atoms with Crippen LogP contribution in [-0.2, 0) is 22.6 Å². The van der Waals surface area contributed by atoms with Gasteiger partial charge < -0.3 is 9.64 Å². The fourth-order valence-electron chi connectivity index (χ4n) is 3.23. The number of benzene rings is 2.